The molecule has 1 aromatic carbocycles. The first-order chi connectivity index (χ1) is 13.2. The number of carbonyl (C=O) groups is 1. The SMILES string of the molecule is CCc1nc(CC(=O)N2CCN(S(=O)(=O)c3ccc(F)c(F)c3F)CC2)cs1. The Balaban J connectivity index is 1.66. The van der Waals surface area contributed by atoms with Gasteiger partial charge in [-0.15, -0.1) is 11.3 Å². The summed E-state index contributed by atoms with van der Waals surface area (Å²) in [6.07, 6.45) is 0.914. The third-order valence-electron chi connectivity index (χ3n) is 4.44. The summed E-state index contributed by atoms with van der Waals surface area (Å²) in [4.78, 5) is 17.3. The van der Waals surface area contributed by atoms with Crippen molar-refractivity contribution in [3.05, 3.63) is 45.7 Å². The summed E-state index contributed by atoms with van der Waals surface area (Å²) >= 11 is 1.48. The number of thiazole rings is 1. The first kappa shape index (κ1) is 20.7. The molecule has 1 fully saturated rings. The fourth-order valence-corrected chi connectivity index (χ4v) is 5.11. The van der Waals surface area contributed by atoms with Crippen LogP contribution in [0.15, 0.2) is 22.4 Å². The lowest BCUT2D eigenvalue weighted by Crippen LogP contribution is -2.51. The maximum absolute atomic E-state index is 13.9. The molecule has 28 heavy (non-hydrogen) atoms. The zero-order valence-corrected chi connectivity index (χ0v) is 16.6. The second-order valence-electron chi connectivity index (χ2n) is 6.22. The van der Waals surface area contributed by atoms with Gasteiger partial charge < -0.3 is 4.90 Å². The molecule has 1 aromatic heterocycles. The molecule has 0 unspecified atom stereocenters. The lowest BCUT2D eigenvalue weighted by atomic mass is 10.2. The molecule has 0 N–H and O–H groups in total. The molecule has 0 aliphatic carbocycles. The highest BCUT2D eigenvalue weighted by Crippen LogP contribution is 2.24. The standard InChI is InChI=1S/C17H18F3N3O3S2/c1-2-14-21-11(10-27-14)9-15(24)22-5-7-23(8-6-22)28(25,26)13-4-3-12(18)16(19)17(13)20/h3-4,10H,2,5-9H2,1H3. The van der Waals surface area contributed by atoms with E-state index in [1.54, 1.807) is 0 Å². The third kappa shape index (κ3) is 4.06. The highest BCUT2D eigenvalue weighted by molar-refractivity contribution is 7.89. The van der Waals surface area contributed by atoms with E-state index < -0.39 is 32.4 Å². The van der Waals surface area contributed by atoms with Gasteiger partial charge in [-0.25, -0.2) is 26.6 Å². The van der Waals surface area contributed by atoms with Crippen LogP contribution in [0.4, 0.5) is 13.2 Å². The summed E-state index contributed by atoms with van der Waals surface area (Å²) in [6.45, 7) is 2.08. The molecule has 0 spiro atoms. The van der Waals surface area contributed by atoms with Crippen LogP contribution in [-0.2, 0) is 27.7 Å². The number of hydrogen-bond acceptors (Lipinski definition) is 5. The van der Waals surface area contributed by atoms with Crippen molar-refractivity contribution in [3.63, 3.8) is 0 Å². The number of benzene rings is 1. The highest BCUT2D eigenvalue weighted by Gasteiger charge is 2.33. The molecule has 0 radical (unpaired) electrons. The maximum Gasteiger partial charge on any atom is 0.246 e. The molecule has 3 rings (SSSR count). The summed E-state index contributed by atoms with van der Waals surface area (Å²) in [5, 5.41) is 2.76. The minimum absolute atomic E-state index is 0.0657. The van der Waals surface area contributed by atoms with Crippen LogP contribution in [-0.4, -0.2) is 54.7 Å². The molecule has 1 amide bonds. The largest absolute Gasteiger partial charge is 0.340 e. The van der Waals surface area contributed by atoms with E-state index in [0.717, 1.165) is 15.7 Å². The quantitative estimate of drug-likeness (QED) is 0.678. The Bertz CT molecular complexity index is 987. The monoisotopic (exact) mass is 433 g/mol. The first-order valence-corrected chi connectivity index (χ1v) is 10.9. The summed E-state index contributed by atoms with van der Waals surface area (Å²) in [7, 11) is -4.34. The van der Waals surface area contributed by atoms with Gasteiger partial charge in [-0.1, -0.05) is 6.92 Å². The van der Waals surface area contributed by atoms with Crippen LogP contribution >= 0.6 is 11.3 Å². The topological polar surface area (TPSA) is 70.6 Å². The van der Waals surface area contributed by atoms with Gasteiger partial charge in [-0.05, 0) is 18.6 Å². The van der Waals surface area contributed by atoms with E-state index in [1.165, 1.54) is 16.2 Å². The number of nitrogens with zero attached hydrogens (tertiary/aromatic N) is 3. The molecular weight excluding hydrogens is 415 g/mol. The molecule has 0 atom stereocenters. The van der Waals surface area contributed by atoms with Crippen molar-refractivity contribution in [3.8, 4) is 0 Å². The lowest BCUT2D eigenvalue weighted by molar-refractivity contribution is -0.131. The number of hydrogen-bond donors (Lipinski definition) is 0. The predicted octanol–water partition coefficient (Wildman–Crippen LogP) is 2.20. The molecule has 2 aromatic rings. The van der Waals surface area contributed by atoms with Gasteiger partial charge >= 0.3 is 0 Å². The lowest BCUT2D eigenvalue weighted by Gasteiger charge is -2.34. The zero-order chi connectivity index (χ0) is 20.5. The van der Waals surface area contributed by atoms with Gasteiger partial charge in [0.1, 0.15) is 4.90 Å². The second kappa shape index (κ2) is 8.18. The number of rotatable bonds is 5. The van der Waals surface area contributed by atoms with Crippen molar-refractivity contribution >= 4 is 27.3 Å². The van der Waals surface area contributed by atoms with Crippen LogP contribution < -0.4 is 0 Å². The van der Waals surface area contributed by atoms with E-state index in [1.807, 2.05) is 12.3 Å². The summed E-state index contributed by atoms with van der Waals surface area (Å²) < 4.78 is 66.4. The van der Waals surface area contributed by atoms with Crippen LogP contribution in [0.1, 0.15) is 17.6 Å². The smallest absolute Gasteiger partial charge is 0.246 e. The average molecular weight is 433 g/mol. The molecule has 1 saturated heterocycles. The molecule has 1 aliphatic rings. The number of carbonyl (C=O) groups excluding carboxylic acids is 1. The van der Waals surface area contributed by atoms with Gasteiger partial charge in [0.2, 0.25) is 15.9 Å². The normalized spacial score (nSPS) is 15.8. The van der Waals surface area contributed by atoms with Gasteiger partial charge in [0, 0.05) is 31.6 Å². The van der Waals surface area contributed by atoms with Crippen molar-refractivity contribution in [2.45, 2.75) is 24.7 Å². The summed E-state index contributed by atoms with van der Waals surface area (Å²) in [5.41, 5.74) is 0.672. The number of piperazine rings is 1. The van der Waals surface area contributed by atoms with Gasteiger partial charge in [0.05, 0.1) is 17.1 Å². The van der Waals surface area contributed by atoms with E-state index in [-0.39, 0.29) is 38.5 Å². The Kier molecular flexibility index (Phi) is 6.06. The predicted molar refractivity (Wildman–Crippen MR) is 96.9 cm³/mol. The van der Waals surface area contributed by atoms with Gasteiger partial charge in [-0.3, -0.25) is 4.79 Å². The second-order valence-corrected chi connectivity index (χ2v) is 9.07. The van der Waals surface area contributed by atoms with Crippen LogP contribution in [0.25, 0.3) is 0 Å². The minimum Gasteiger partial charge on any atom is -0.340 e. The number of halogens is 3. The van der Waals surface area contributed by atoms with Crippen molar-refractivity contribution in [1.29, 1.82) is 0 Å². The van der Waals surface area contributed by atoms with Crippen molar-refractivity contribution in [1.82, 2.24) is 14.2 Å². The van der Waals surface area contributed by atoms with E-state index in [0.29, 0.717) is 17.8 Å². The Morgan fingerprint density at radius 2 is 1.82 bits per heavy atom. The molecule has 2 heterocycles. The molecule has 0 bridgehead atoms. The van der Waals surface area contributed by atoms with E-state index in [2.05, 4.69) is 4.98 Å². The zero-order valence-electron chi connectivity index (χ0n) is 15.0. The number of aromatic nitrogens is 1. The Hall–Kier alpha value is -1.98. The van der Waals surface area contributed by atoms with E-state index in [4.69, 9.17) is 0 Å². The fourth-order valence-electron chi connectivity index (χ4n) is 2.88. The van der Waals surface area contributed by atoms with Crippen molar-refractivity contribution in [2.24, 2.45) is 0 Å². The molecular formula is C17H18F3N3O3S2. The highest BCUT2D eigenvalue weighted by atomic mass is 32.2. The molecule has 152 valence electrons. The third-order valence-corrected chi connectivity index (χ3v) is 7.40. The Morgan fingerprint density at radius 3 is 2.43 bits per heavy atom. The van der Waals surface area contributed by atoms with E-state index in [9.17, 15) is 26.4 Å². The fraction of sp³-hybridized carbons (Fsp3) is 0.412. The van der Waals surface area contributed by atoms with Crippen LogP contribution in [0.5, 0.6) is 0 Å². The first-order valence-electron chi connectivity index (χ1n) is 8.58. The summed E-state index contributed by atoms with van der Waals surface area (Å²) in [6, 6.07) is 1.28. The minimum atomic E-state index is -4.34. The molecule has 1 aliphatic heterocycles. The average Bonchev–Trinajstić information content (AvgIpc) is 3.13. The van der Waals surface area contributed by atoms with Gasteiger partial charge in [0.15, 0.2) is 17.5 Å². The molecule has 0 saturated carbocycles. The van der Waals surface area contributed by atoms with Crippen LogP contribution in [0, 0.1) is 17.5 Å². The van der Waals surface area contributed by atoms with Crippen LogP contribution in [0.3, 0.4) is 0 Å². The van der Waals surface area contributed by atoms with Crippen molar-refractivity contribution in [2.75, 3.05) is 26.2 Å². The Labute approximate surface area is 164 Å². The van der Waals surface area contributed by atoms with E-state index >= 15 is 0 Å². The molecule has 6 nitrogen and oxygen atoms in total. The molecule has 11 heteroatoms. The van der Waals surface area contributed by atoms with Gasteiger partial charge in [0.25, 0.3) is 0 Å². The van der Waals surface area contributed by atoms with Crippen LogP contribution in [0.2, 0.25) is 0 Å². The number of amides is 1. The summed E-state index contributed by atoms with van der Waals surface area (Å²) in [5.74, 6) is -5.21. The van der Waals surface area contributed by atoms with Crippen molar-refractivity contribution < 1.29 is 26.4 Å². The number of aryl methyl sites for hydroxylation is 1. The van der Waals surface area contributed by atoms with Gasteiger partial charge in [-0.2, -0.15) is 4.31 Å². The number of sulfonamides is 1. The maximum atomic E-state index is 13.9. The Morgan fingerprint density at radius 1 is 1.14 bits per heavy atom.